The van der Waals surface area contributed by atoms with Crippen LogP contribution in [0.5, 0.6) is 0 Å². The van der Waals surface area contributed by atoms with Crippen LogP contribution < -0.4 is 0 Å². The van der Waals surface area contributed by atoms with Crippen molar-refractivity contribution < 1.29 is 42.9 Å². The largest absolute Gasteiger partial charge is 0.477 e. The Morgan fingerprint density at radius 1 is 0.313 bits per heavy atom. The molecule has 0 aromatic heterocycles. The van der Waals surface area contributed by atoms with Crippen LogP contribution in [0.2, 0.25) is 0 Å². The third-order valence-electron chi connectivity index (χ3n) is 17.9. The van der Waals surface area contributed by atoms with Gasteiger partial charge in [-0.15, -0.1) is 0 Å². The maximum Gasteiger partial charge on any atom is 0.361 e. The number of likely N-dealkylation sites (N-methyl/N-ethyl adjacent to an activating group) is 1. The van der Waals surface area contributed by atoms with Crippen LogP contribution in [0.1, 0.15) is 361 Å². The Kier molecular flexibility index (Phi) is 75.5. The summed E-state index contributed by atoms with van der Waals surface area (Å²) in [5.41, 5.74) is 0. The second kappa shape index (κ2) is 79.1. The number of nitrogens with zero attached hydrogens (tertiary/aromatic N) is 1. The number of hydrogen-bond donors (Lipinski definition) is 1. The SMILES string of the molecule is CC/C=C\C/C=C\C/C=C\C/C=C\C/C=C\C/C=C\C/C=C\C/C=C\CCCCCCCCCCCCCCCCCCC(=O)OC(COC(=O)CCCCCCCCCCCCCCCCCCCC/C=C\C/C=C\C/C=C\CCCCCCC)COC(OCC[N+](C)(C)C)C(=O)O. The number of allylic oxidation sites excluding steroid dienone is 22. The van der Waals surface area contributed by atoms with Gasteiger partial charge < -0.3 is 28.5 Å². The van der Waals surface area contributed by atoms with Gasteiger partial charge in [-0.3, -0.25) is 9.59 Å². The van der Waals surface area contributed by atoms with Gasteiger partial charge in [0.15, 0.2) is 6.10 Å². The normalized spacial score (nSPS) is 13.3. The number of carboxylic acid groups (broad SMARTS) is 1. The lowest BCUT2D eigenvalue weighted by atomic mass is 10.0. The Balaban J connectivity index is 4.02. The highest BCUT2D eigenvalue weighted by molar-refractivity contribution is 5.71. The topological polar surface area (TPSA) is 108 Å². The molecule has 0 saturated carbocycles. The summed E-state index contributed by atoms with van der Waals surface area (Å²) in [7, 11) is 5.99. The number of carboxylic acids is 1. The number of quaternary nitrogens is 1. The minimum Gasteiger partial charge on any atom is -0.477 e. The average Bonchev–Trinajstić information content (AvgIpc) is 2.62. The van der Waals surface area contributed by atoms with E-state index < -0.39 is 24.3 Å². The third kappa shape index (κ3) is 80.6. The molecule has 2 unspecified atom stereocenters. The second-order valence-electron chi connectivity index (χ2n) is 28.7. The van der Waals surface area contributed by atoms with Crippen molar-refractivity contribution in [1.82, 2.24) is 0 Å². The van der Waals surface area contributed by atoms with Gasteiger partial charge >= 0.3 is 17.9 Å². The molecule has 1 N–H and O–H groups in total. The van der Waals surface area contributed by atoms with Crippen LogP contribution >= 0.6 is 0 Å². The zero-order valence-corrected chi connectivity index (χ0v) is 65.1. The summed E-state index contributed by atoms with van der Waals surface area (Å²) in [6.45, 7) is 4.79. The van der Waals surface area contributed by atoms with Crippen molar-refractivity contribution in [2.75, 3.05) is 47.5 Å². The van der Waals surface area contributed by atoms with Gasteiger partial charge in [-0.1, -0.05) is 366 Å². The molecule has 0 heterocycles. The number of ether oxygens (including phenoxy) is 4. The molecule has 0 aromatic rings. The molecule has 0 amide bonds. The average molecular weight is 1380 g/mol. The highest BCUT2D eigenvalue weighted by atomic mass is 16.7. The molecule has 9 nitrogen and oxygen atoms in total. The fraction of sp³-hybridized carbons (Fsp3) is 0.722. The van der Waals surface area contributed by atoms with Gasteiger partial charge in [0.2, 0.25) is 0 Å². The summed E-state index contributed by atoms with van der Waals surface area (Å²) in [4.78, 5) is 37.8. The molecule has 0 fully saturated rings. The predicted molar refractivity (Wildman–Crippen MR) is 428 cm³/mol. The Labute approximate surface area is 611 Å². The van der Waals surface area contributed by atoms with E-state index in [2.05, 4.69) is 148 Å². The van der Waals surface area contributed by atoms with Crippen molar-refractivity contribution in [2.24, 2.45) is 0 Å². The Morgan fingerprint density at radius 2 is 0.576 bits per heavy atom. The summed E-state index contributed by atoms with van der Waals surface area (Å²) in [5, 5.41) is 9.78. The van der Waals surface area contributed by atoms with Gasteiger partial charge in [-0.25, -0.2) is 4.79 Å². The van der Waals surface area contributed by atoms with Crippen LogP contribution in [0.3, 0.4) is 0 Å². The molecule has 0 aromatic carbocycles. The van der Waals surface area contributed by atoms with Crippen LogP contribution in [-0.4, -0.2) is 87.4 Å². The van der Waals surface area contributed by atoms with E-state index in [1.807, 2.05) is 21.1 Å². The van der Waals surface area contributed by atoms with Crippen LogP contribution in [0.25, 0.3) is 0 Å². The molecule has 0 spiro atoms. The Morgan fingerprint density at radius 3 is 0.859 bits per heavy atom. The third-order valence-corrected chi connectivity index (χ3v) is 17.9. The monoisotopic (exact) mass is 1380 g/mol. The van der Waals surface area contributed by atoms with Crippen molar-refractivity contribution in [3.8, 4) is 0 Å². The summed E-state index contributed by atoms with van der Waals surface area (Å²) in [6.07, 6.45) is 112. The van der Waals surface area contributed by atoms with Gasteiger partial charge in [0.25, 0.3) is 6.29 Å². The molecule has 2 atom stereocenters. The van der Waals surface area contributed by atoms with Crippen molar-refractivity contribution in [3.63, 3.8) is 0 Å². The molecule has 0 aliphatic rings. The van der Waals surface area contributed by atoms with E-state index in [-0.39, 0.29) is 32.2 Å². The van der Waals surface area contributed by atoms with Crippen molar-refractivity contribution in [2.45, 2.75) is 373 Å². The van der Waals surface area contributed by atoms with E-state index >= 15 is 0 Å². The van der Waals surface area contributed by atoms with Crippen LogP contribution in [0, 0.1) is 0 Å². The number of hydrogen-bond acceptors (Lipinski definition) is 7. The number of esters is 2. The first-order valence-corrected chi connectivity index (χ1v) is 41.3. The number of unbranched alkanes of at least 4 members (excludes halogenated alkanes) is 39. The molecule has 0 rings (SSSR count). The van der Waals surface area contributed by atoms with Crippen LogP contribution in [-0.2, 0) is 33.3 Å². The molecule has 568 valence electrons. The van der Waals surface area contributed by atoms with Gasteiger partial charge in [0.05, 0.1) is 34.4 Å². The van der Waals surface area contributed by atoms with Crippen LogP contribution in [0.15, 0.2) is 134 Å². The molecule has 99 heavy (non-hydrogen) atoms. The van der Waals surface area contributed by atoms with E-state index in [9.17, 15) is 19.5 Å². The van der Waals surface area contributed by atoms with E-state index in [0.29, 0.717) is 17.4 Å². The standard InChI is InChI=1S/C90H155NO8/c1-6-8-10-12-14-16-18-20-22-24-26-28-30-32-34-36-38-40-41-42-43-44-45-46-47-49-51-53-55-57-59-61-63-65-67-69-71-73-75-77-79-81-88(93)99-86(85-98-90(89(94)95)96-83-82-91(3,4)5)84-97-87(92)80-78-76-74-72-70-68-66-64-62-60-58-56-54-52-50-48-39-37-35-33-31-29-27-25-23-21-19-17-15-13-11-9-7-2/h8,10,14,16,19-22,25-28,31-34,38,40,42-43,45-46,86,90H,6-7,9,11-13,15,17-18,23-24,29-30,35-37,39,41,44,47-85H2,1-5H3/p+1/b10-8-,16-14-,21-19-,22-20-,27-25-,28-26-,33-31-,34-32-,40-38-,43-42-,46-45-. The fourth-order valence-corrected chi connectivity index (χ4v) is 11.6. The summed E-state index contributed by atoms with van der Waals surface area (Å²) in [6, 6.07) is 0. The van der Waals surface area contributed by atoms with Crippen molar-refractivity contribution in [3.05, 3.63) is 134 Å². The molecular formula is C90H156NO8+. The van der Waals surface area contributed by atoms with E-state index in [0.717, 1.165) is 103 Å². The van der Waals surface area contributed by atoms with Crippen molar-refractivity contribution >= 4 is 17.9 Å². The number of carbonyl (C=O) groups excluding carboxylic acids is 2. The molecule has 9 heteroatoms. The predicted octanol–water partition coefficient (Wildman–Crippen LogP) is 26.8. The Hall–Kier alpha value is -4.57. The molecule has 0 saturated heterocycles. The quantitative estimate of drug-likeness (QED) is 0.0211. The van der Waals surface area contributed by atoms with Crippen molar-refractivity contribution in [1.29, 1.82) is 0 Å². The molecular weight excluding hydrogens is 1220 g/mol. The zero-order valence-electron chi connectivity index (χ0n) is 65.1. The molecule has 0 aliphatic carbocycles. The summed E-state index contributed by atoms with van der Waals surface area (Å²) in [5.74, 6) is -1.99. The van der Waals surface area contributed by atoms with Crippen LogP contribution in [0.4, 0.5) is 0 Å². The number of carbonyl (C=O) groups is 3. The minimum atomic E-state index is -1.52. The minimum absolute atomic E-state index is 0.183. The molecule has 0 aliphatic heterocycles. The molecule has 0 radical (unpaired) electrons. The van der Waals surface area contributed by atoms with E-state index in [1.165, 1.54) is 231 Å². The maximum absolute atomic E-state index is 13.0. The first-order chi connectivity index (χ1) is 48.6. The van der Waals surface area contributed by atoms with E-state index in [1.54, 1.807) is 0 Å². The second-order valence-corrected chi connectivity index (χ2v) is 28.7. The zero-order chi connectivity index (χ0) is 71.8. The lowest BCUT2D eigenvalue weighted by Crippen LogP contribution is -2.40. The lowest BCUT2D eigenvalue weighted by molar-refractivity contribution is -0.870. The van der Waals surface area contributed by atoms with Gasteiger partial charge in [-0.05, 0) is 116 Å². The smallest absolute Gasteiger partial charge is 0.361 e. The first kappa shape index (κ1) is 94.4. The summed E-state index contributed by atoms with van der Waals surface area (Å²) < 4.78 is 23.1. The molecule has 0 bridgehead atoms. The fourth-order valence-electron chi connectivity index (χ4n) is 11.6. The number of rotatable bonds is 76. The van der Waals surface area contributed by atoms with E-state index in [4.69, 9.17) is 18.9 Å². The lowest BCUT2D eigenvalue weighted by Gasteiger charge is -2.25. The maximum atomic E-state index is 13.0. The van der Waals surface area contributed by atoms with Gasteiger partial charge in [-0.2, -0.15) is 0 Å². The highest BCUT2D eigenvalue weighted by Gasteiger charge is 2.25. The first-order valence-electron chi connectivity index (χ1n) is 41.3. The van der Waals surface area contributed by atoms with Gasteiger partial charge in [0, 0.05) is 12.8 Å². The number of aliphatic carboxylic acids is 1. The summed E-state index contributed by atoms with van der Waals surface area (Å²) >= 11 is 0. The highest BCUT2D eigenvalue weighted by Crippen LogP contribution is 2.19. The van der Waals surface area contributed by atoms with Gasteiger partial charge in [0.1, 0.15) is 13.2 Å². The Bertz CT molecular complexity index is 2100.